The van der Waals surface area contributed by atoms with Gasteiger partial charge in [0, 0.05) is 32.0 Å². The first-order valence-corrected chi connectivity index (χ1v) is 7.94. The van der Waals surface area contributed by atoms with Crippen molar-refractivity contribution in [2.75, 3.05) is 26.3 Å². The molecule has 0 spiro atoms. The topological polar surface area (TPSA) is 66.8 Å². The number of hydrogen-bond donors (Lipinski definition) is 1. The molecule has 2 saturated heterocycles. The van der Waals surface area contributed by atoms with Gasteiger partial charge in [0.05, 0.1) is 12.0 Å². The predicted molar refractivity (Wildman–Crippen MR) is 78.8 cm³/mol. The molecule has 0 saturated carbocycles. The molecule has 2 aliphatic heterocycles. The number of carboxylic acid groups (broad SMARTS) is 1. The Morgan fingerprint density at radius 2 is 2.10 bits per heavy atom. The fourth-order valence-corrected chi connectivity index (χ4v) is 3.80. The first kappa shape index (κ1) is 16.3. The van der Waals surface area contributed by atoms with Crippen molar-refractivity contribution in [3.63, 3.8) is 0 Å². The van der Waals surface area contributed by atoms with Gasteiger partial charge in [0.25, 0.3) is 0 Å². The Hall–Kier alpha value is -1.10. The summed E-state index contributed by atoms with van der Waals surface area (Å²) in [5.74, 6) is 0.178. The van der Waals surface area contributed by atoms with Crippen LogP contribution in [0, 0.1) is 23.2 Å². The van der Waals surface area contributed by atoms with E-state index in [1.54, 1.807) is 4.90 Å². The minimum atomic E-state index is -0.783. The molecule has 1 unspecified atom stereocenters. The highest BCUT2D eigenvalue weighted by molar-refractivity contribution is 5.81. The second-order valence-electron chi connectivity index (χ2n) is 7.20. The molecule has 0 aromatic heterocycles. The van der Waals surface area contributed by atoms with Gasteiger partial charge in [-0.3, -0.25) is 9.59 Å². The summed E-state index contributed by atoms with van der Waals surface area (Å²) in [7, 11) is 0. The minimum Gasteiger partial charge on any atom is -0.481 e. The maximum atomic E-state index is 12.4. The quantitative estimate of drug-likeness (QED) is 0.843. The summed E-state index contributed by atoms with van der Waals surface area (Å²) in [5.41, 5.74) is -0.783. The summed E-state index contributed by atoms with van der Waals surface area (Å²) in [4.78, 5) is 25.9. The lowest BCUT2D eigenvalue weighted by molar-refractivity contribution is -0.157. The van der Waals surface area contributed by atoms with Crippen LogP contribution in [0.4, 0.5) is 0 Å². The fraction of sp³-hybridized carbons (Fsp3) is 0.875. The van der Waals surface area contributed by atoms with Crippen molar-refractivity contribution in [2.45, 2.75) is 40.0 Å². The lowest BCUT2D eigenvalue weighted by Crippen LogP contribution is -2.45. The van der Waals surface area contributed by atoms with E-state index in [2.05, 4.69) is 20.8 Å². The highest BCUT2D eigenvalue weighted by Gasteiger charge is 2.54. The molecule has 0 aromatic carbocycles. The van der Waals surface area contributed by atoms with Crippen molar-refractivity contribution in [3.05, 3.63) is 0 Å². The zero-order valence-electron chi connectivity index (χ0n) is 13.3. The number of amides is 1. The van der Waals surface area contributed by atoms with Gasteiger partial charge in [-0.15, -0.1) is 0 Å². The van der Waals surface area contributed by atoms with Crippen LogP contribution in [0.1, 0.15) is 40.0 Å². The summed E-state index contributed by atoms with van der Waals surface area (Å²) < 4.78 is 5.42. The van der Waals surface area contributed by atoms with Crippen molar-refractivity contribution in [2.24, 2.45) is 23.2 Å². The van der Waals surface area contributed by atoms with Crippen LogP contribution >= 0.6 is 0 Å². The molecular weight excluding hydrogens is 270 g/mol. The van der Waals surface area contributed by atoms with Gasteiger partial charge >= 0.3 is 5.97 Å². The number of fused-ring (bicyclic) bond motifs is 1. The second-order valence-corrected chi connectivity index (χ2v) is 7.20. The number of carbonyl (C=O) groups is 2. The molecule has 2 heterocycles. The SMILES string of the molecule is CC(C)CC(C)CC(=O)N1C[C@H]2COCC[C@@]2(C(=O)O)C1. The van der Waals surface area contributed by atoms with E-state index < -0.39 is 11.4 Å². The number of carboxylic acids is 1. The molecule has 1 amide bonds. The first-order chi connectivity index (χ1) is 9.85. The molecule has 120 valence electrons. The summed E-state index contributed by atoms with van der Waals surface area (Å²) in [6.45, 7) is 8.22. The highest BCUT2D eigenvalue weighted by atomic mass is 16.5. The molecule has 2 fully saturated rings. The van der Waals surface area contributed by atoms with Crippen LogP contribution in [0.15, 0.2) is 0 Å². The van der Waals surface area contributed by atoms with Gasteiger partial charge in [0.2, 0.25) is 5.91 Å². The van der Waals surface area contributed by atoms with Crippen molar-refractivity contribution in [1.82, 2.24) is 4.90 Å². The van der Waals surface area contributed by atoms with Crippen molar-refractivity contribution >= 4 is 11.9 Å². The fourth-order valence-electron chi connectivity index (χ4n) is 3.80. The van der Waals surface area contributed by atoms with E-state index in [-0.39, 0.29) is 11.8 Å². The Kier molecular flexibility index (Phi) is 4.91. The van der Waals surface area contributed by atoms with Gasteiger partial charge in [-0.25, -0.2) is 0 Å². The van der Waals surface area contributed by atoms with Crippen molar-refractivity contribution in [1.29, 1.82) is 0 Å². The third-order valence-electron chi connectivity index (χ3n) is 4.88. The lowest BCUT2D eigenvalue weighted by Gasteiger charge is -2.33. The number of aliphatic carboxylic acids is 1. The maximum Gasteiger partial charge on any atom is 0.311 e. The summed E-state index contributed by atoms with van der Waals surface area (Å²) in [6, 6.07) is 0. The molecule has 2 aliphatic rings. The zero-order valence-corrected chi connectivity index (χ0v) is 13.3. The Labute approximate surface area is 126 Å². The van der Waals surface area contributed by atoms with Crippen LogP contribution in [0.3, 0.4) is 0 Å². The Morgan fingerprint density at radius 3 is 2.67 bits per heavy atom. The number of hydrogen-bond acceptors (Lipinski definition) is 3. The molecule has 3 atom stereocenters. The highest BCUT2D eigenvalue weighted by Crippen LogP contribution is 2.42. The monoisotopic (exact) mass is 297 g/mol. The second kappa shape index (κ2) is 6.34. The van der Waals surface area contributed by atoms with Crippen LogP contribution in [0.25, 0.3) is 0 Å². The third-order valence-corrected chi connectivity index (χ3v) is 4.88. The van der Waals surface area contributed by atoms with E-state index >= 15 is 0 Å². The number of carbonyl (C=O) groups excluding carboxylic acids is 1. The zero-order chi connectivity index (χ0) is 15.6. The van der Waals surface area contributed by atoms with Gasteiger partial charge in [-0.2, -0.15) is 0 Å². The molecule has 0 aliphatic carbocycles. The molecule has 0 radical (unpaired) electrons. The number of rotatable bonds is 5. The van der Waals surface area contributed by atoms with Gasteiger partial charge in [-0.1, -0.05) is 20.8 Å². The van der Waals surface area contributed by atoms with Crippen molar-refractivity contribution in [3.8, 4) is 0 Å². The molecular formula is C16H27NO4. The van der Waals surface area contributed by atoms with Gasteiger partial charge in [0.15, 0.2) is 0 Å². The Bertz CT molecular complexity index is 409. The normalized spacial score (nSPS) is 30.3. The lowest BCUT2D eigenvalue weighted by atomic mass is 9.74. The molecule has 5 nitrogen and oxygen atoms in total. The van der Waals surface area contributed by atoms with E-state index in [0.29, 0.717) is 51.0 Å². The molecule has 1 N–H and O–H groups in total. The van der Waals surface area contributed by atoms with Crippen LogP contribution in [-0.2, 0) is 14.3 Å². The van der Waals surface area contributed by atoms with E-state index in [1.165, 1.54) is 0 Å². The molecule has 2 rings (SSSR count). The predicted octanol–water partition coefficient (Wildman–Crippen LogP) is 2.01. The Balaban J connectivity index is 1.99. The minimum absolute atomic E-state index is 0.0619. The summed E-state index contributed by atoms with van der Waals surface area (Å²) >= 11 is 0. The van der Waals surface area contributed by atoms with Gasteiger partial charge in [0.1, 0.15) is 0 Å². The third kappa shape index (κ3) is 3.39. The van der Waals surface area contributed by atoms with E-state index in [4.69, 9.17) is 4.74 Å². The van der Waals surface area contributed by atoms with Crippen LogP contribution in [0.5, 0.6) is 0 Å². The number of likely N-dealkylation sites (tertiary alicyclic amines) is 1. The number of nitrogens with zero attached hydrogens (tertiary/aromatic N) is 1. The molecule has 5 heteroatoms. The van der Waals surface area contributed by atoms with Gasteiger partial charge in [-0.05, 0) is 24.7 Å². The largest absolute Gasteiger partial charge is 0.481 e. The molecule has 21 heavy (non-hydrogen) atoms. The van der Waals surface area contributed by atoms with E-state index in [9.17, 15) is 14.7 Å². The first-order valence-electron chi connectivity index (χ1n) is 7.94. The Morgan fingerprint density at radius 1 is 1.38 bits per heavy atom. The van der Waals surface area contributed by atoms with E-state index in [1.807, 2.05) is 0 Å². The summed E-state index contributed by atoms with van der Waals surface area (Å²) in [6.07, 6.45) is 2.05. The molecule has 0 bridgehead atoms. The van der Waals surface area contributed by atoms with Crippen LogP contribution in [0.2, 0.25) is 0 Å². The van der Waals surface area contributed by atoms with Crippen molar-refractivity contribution < 1.29 is 19.4 Å². The number of ether oxygens (including phenoxy) is 1. The van der Waals surface area contributed by atoms with Crippen LogP contribution in [-0.4, -0.2) is 48.2 Å². The average molecular weight is 297 g/mol. The molecule has 0 aromatic rings. The summed E-state index contributed by atoms with van der Waals surface area (Å²) in [5, 5.41) is 9.61. The van der Waals surface area contributed by atoms with Gasteiger partial charge < -0.3 is 14.7 Å². The smallest absolute Gasteiger partial charge is 0.311 e. The average Bonchev–Trinajstić information content (AvgIpc) is 2.78. The van der Waals surface area contributed by atoms with Crippen LogP contribution < -0.4 is 0 Å². The standard InChI is InChI=1S/C16H27NO4/c1-11(2)6-12(3)7-14(18)17-8-13-9-21-5-4-16(13,10-17)15(19)20/h11-13H,4-10H2,1-3H3,(H,19,20)/t12?,13-,16+/m0/s1. The van der Waals surface area contributed by atoms with E-state index in [0.717, 1.165) is 6.42 Å². The maximum absolute atomic E-state index is 12.4.